The lowest BCUT2D eigenvalue weighted by atomic mass is 10.0. The highest BCUT2D eigenvalue weighted by Gasteiger charge is 2.30. The second-order valence-electron chi connectivity index (χ2n) is 7.33. The smallest absolute Gasteiger partial charge is 0.290 e. The normalized spacial score (nSPS) is 15.6. The summed E-state index contributed by atoms with van der Waals surface area (Å²) in [6, 6.07) is 8.03. The number of nitrogen functional groups attached to an aromatic ring is 1. The van der Waals surface area contributed by atoms with Gasteiger partial charge < -0.3 is 10.6 Å². The van der Waals surface area contributed by atoms with Gasteiger partial charge >= 0.3 is 0 Å². The fraction of sp³-hybridized carbons (Fsp3) is 0.391. The predicted molar refractivity (Wildman–Crippen MR) is 124 cm³/mol. The fourth-order valence-electron chi connectivity index (χ4n) is 3.97. The molecule has 1 saturated heterocycles. The number of carbonyl (C=O) groups is 1. The SMILES string of the molecule is C=CC(=O)N1CCC(n2nc(-c3ccc(CCC)cc3)c3c(N)n[nH]c(=O)c32)C1.CC. The zero-order valence-corrected chi connectivity index (χ0v) is 18.4. The topological polar surface area (TPSA) is 110 Å². The second-order valence-corrected chi connectivity index (χ2v) is 7.33. The first-order chi connectivity index (χ1) is 15.0. The molecule has 4 rings (SSSR count). The third-order valence-electron chi connectivity index (χ3n) is 5.42. The van der Waals surface area contributed by atoms with Crippen LogP contribution in [0.5, 0.6) is 0 Å². The zero-order valence-electron chi connectivity index (χ0n) is 18.4. The maximum Gasteiger partial charge on any atom is 0.290 e. The molecule has 0 spiro atoms. The van der Waals surface area contributed by atoms with Crippen LogP contribution < -0.4 is 11.3 Å². The van der Waals surface area contributed by atoms with Crippen LogP contribution in [0.25, 0.3) is 22.2 Å². The number of aromatic amines is 1. The Kier molecular flexibility index (Phi) is 6.89. The van der Waals surface area contributed by atoms with E-state index in [4.69, 9.17) is 10.8 Å². The van der Waals surface area contributed by atoms with Gasteiger partial charge in [0.05, 0.1) is 11.4 Å². The van der Waals surface area contributed by atoms with Crippen LogP contribution in [0.4, 0.5) is 5.82 Å². The van der Waals surface area contributed by atoms with Gasteiger partial charge in [-0.15, -0.1) is 0 Å². The van der Waals surface area contributed by atoms with E-state index in [1.165, 1.54) is 11.6 Å². The first-order valence-corrected chi connectivity index (χ1v) is 10.8. The Bertz CT molecular complexity index is 1130. The molecular formula is C23H30N6O2. The van der Waals surface area contributed by atoms with Crippen LogP contribution in [-0.2, 0) is 11.2 Å². The van der Waals surface area contributed by atoms with E-state index in [0.717, 1.165) is 18.4 Å². The number of nitrogens with zero attached hydrogens (tertiary/aromatic N) is 4. The molecule has 164 valence electrons. The molecule has 0 radical (unpaired) electrons. The van der Waals surface area contributed by atoms with E-state index in [0.29, 0.717) is 36.1 Å². The molecule has 8 nitrogen and oxygen atoms in total. The van der Waals surface area contributed by atoms with Crippen LogP contribution in [0.3, 0.4) is 0 Å². The van der Waals surface area contributed by atoms with Crippen molar-refractivity contribution < 1.29 is 4.79 Å². The maximum atomic E-state index is 12.6. The highest BCUT2D eigenvalue weighted by atomic mass is 16.2. The number of benzene rings is 1. The molecule has 31 heavy (non-hydrogen) atoms. The van der Waals surface area contributed by atoms with Crippen molar-refractivity contribution >= 4 is 22.6 Å². The minimum atomic E-state index is -0.343. The number of amides is 1. The molecule has 1 fully saturated rings. The molecule has 1 amide bonds. The molecule has 8 heteroatoms. The Morgan fingerprint density at radius 1 is 1.32 bits per heavy atom. The Hall–Kier alpha value is -3.42. The number of rotatable bonds is 5. The van der Waals surface area contributed by atoms with Gasteiger partial charge in [0.15, 0.2) is 5.82 Å². The zero-order chi connectivity index (χ0) is 22.5. The van der Waals surface area contributed by atoms with E-state index in [-0.39, 0.29) is 23.3 Å². The van der Waals surface area contributed by atoms with Gasteiger partial charge in [0.25, 0.3) is 5.56 Å². The molecule has 1 aliphatic heterocycles. The number of aromatic nitrogens is 4. The lowest BCUT2D eigenvalue weighted by molar-refractivity contribution is -0.125. The quantitative estimate of drug-likeness (QED) is 0.613. The number of carbonyl (C=O) groups excluding carboxylic acids is 1. The number of nitrogens with one attached hydrogen (secondary N) is 1. The van der Waals surface area contributed by atoms with Gasteiger partial charge in [-0.05, 0) is 24.5 Å². The molecule has 1 aromatic carbocycles. The molecule has 3 heterocycles. The van der Waals surface area contributed by atoms with Crippen LogP contribution in [0.2, 0.25) is 0 Å². The first-order valence-electron chi connectivity index (χ1n) is 10.8. The van der Waals surface area contributed by atoms with Gasteiger partial charge in [-0.3, -0.25) is 14.3 Å². The summed E-state index contributed by atoms with van der Waals surface area (Å²) in [5, 5.41) is 11.7. The van der Waals surface area contributed by atoms with Crippen molar-refractivity contribution in [2.75, 3.05) is 18.8 Å². The molecule has 0 saturated carbocycles. The van der Waals surface area contributed by atoms with E-state index < -0.39 is 0 Å². The Labute approximate surface area is 181 Å². The highest BCUT2D eigenvalue weighted by Crippen LogP contribution is 2.33. The number of fused-ring (bicyclic) bond motifs is 1. The summed E-state index contributed by atoms with van der Waals surface area (Å²) in [5.74, 6) is 0.112. The Balaban J connectivity index is 0.00000132. The van der Waals surface area contributed by atoms with Crippen molar-refractivity contribution in [1.29, 1.82) is 0 Å². The summed E-state index contributed by atoms with van der Waals surface area (Å²) in [6.45, 7) is 10.8. The average molecular weight is 423 g/mol. The number of H-pyrrole nitrogens is 1. The molecule has 0 aliphatic carbocycles. The minimum absolute atomic E-state index is 0.114. The maximum absolute atomic E-state index is 12.6. The molecule has 2 aromatic heterocycles. The number of nitrogens with two attached hydrogens (primary N) is 1. The lowest BCUT2D eigenvalue weighted by Crippen LogP contribution is -2.27. The van der Waals surface area contributed by atoms with Crippen molar-refractivity contribution in [2.24, 2.45) is 0 Å². The lowest BCUT2D eigenvalue weighted by Gasteiger charge is -2.14. The van der Waals surface area contributed by atoms with Crippen molar-refractivity contribution in [3.8, 4) is 11.3 Å². The third kappa shape index (κ3) is 4.23. The molecular weight excluding hydrogens is 392 g/mol. The predicted octanol–water partition coefficient (Wildman–Crippen LogP) is 3.31. The number of anilines is 1. The molecule has 3 N–H and O–H groups in total. The van der Waals surface area contributed by atoms with E-state index in [1.54, 1.807) is 9.58 Å². The van der Waals surface area contributed by atoms with Crippen molar-refractivity contribution in [3.63, 3.8) is 0 Å². The van der Waals surface area contributed by atoms with Gasteiger partial charge in [0.1, 0.15) is 11.2 Å². The van der Waals surface area contributed by atoms with Crippen LogP contribution in [-0.4, -0.2) is 43.9 Å². The highest BCUT2D eigenvalue weighted by molar-refractivity contribution is 5.99. The Morgan fingerprint density at radius 3 is 2.68 bits per heavy atom. The van der Waals surface area contributed by atoms with Gasteiger partial charge in [0.2, 0.25) is 5.91 Å². The first kappa shape index (κ1) is 22.3. The standard InChI is InChI=1S/C21H24N6O2.C2H6/c1-3-5-13-6-8-14(9-7-13)18-17-19(21(29)24-23-20(17)22)27(25-18)15-10-11-26(12-15)16(28)4-2;1-2/h4,6-9,15H,2-3,5,10-12H2,1H3,(H2,22,23)(H,24,29);1-2H3. The largest absolute Gasteiger partial charge is 0.382 e. The summed E-state index contributed by atoms with van der Waals surface area (Å²) < 4.78 is 1.71. The summed E-state index contributed by atoms with van der Waals surface area (Å²) in [7, 11) is 0. The van der Waals surface area contributed by atoms with Crippen LogP contribution in [0.1, 0.15) is 45.2 Å². The van der Waals surface area contributed by atoms with Gasteiger partial charge in [0, 0.05) is 18.7 Å². The molecule has 3 aromatic rings. The summed E-state index contributed by atoms with van der Waals surface area (Å²) >= 11 is 0. The summed E-state index contributed by atoms with van der Waals surface area (Å²) in [6.07, 6.45) is 4.09. The molecule has 0 bridgehead atoms. The van der Waals surface area contributed by atoms with Crippen LogP contribution >= 0.6 is 0 Å². The van der Waals surface area contributed by atoms with Gasteiger partial charge in [-0.1, -0.05) is 58.0 Å². The van der Waals surface area contributed by atoms with Crippen molar-refractivity contribution in [3.05, 3.63) is 52.8 Å². The van der Waals surface area contributed by atoms with E-state index in [1.807, 2.05) is 26.0 Å². The van der Waals surface area contributed by atoms with E-state index >= 15 is 0 Å². The van der Waals surface area contributed by atoms with Crippen LogP contribution in [0, 0.1) is 0 Å². The minimum Gasteiger partial charge on any atom is -0.382 e. The fourth-order valence-corrected chi connectivity index (χ4v) is 3.97. The molecule has 1 unspecified atom stereocenters. The van der Waals surface area contributed by atoms with Crippen molar-refractivity contribution in [1.82, 2.24) is 24.9 Å². The summed E-state index contributed by atoms with van der Waals surface area (Å²) in [5.41, 5.74) is 8.95. The molecule has 1 aliphatic rings. The third-order valence-corrected chi connectivity index (χ3v) is 5.42. The van der Waals surface area contributed by atoms with Gasteiger partial charge in [-0.25, -0.2) is 5.10 Å². The summed E-state index contributed by atoms with van der Waals surface area (Å²) in [4.78, 5) is 26.3. The number of hydrogen-bond donors (Lipinski definition) is 2. The van der Waals surface area contributed by atoms with Crippen molar-refractivity contribution in [2.45, 2.75) is 46.1 Å². The van der Waals surface area contributed by atoms with Crippen LogP contribution in [0.15, 0.2) is 41.7 Å². The van der Waals surface area contributed by atoms with Gasteiger partial charge in [-0.2, -0.15) is 10.2 Å². The average Bonchev–Trinajstić information content (AvgIpc) is 3.44. The number of hydrogen-bond acceptors (Lipinski definition) is 5. The number of aryl methyl sites for hydroxylation is 1. The number of likely N-dealkylation sites (tertiary alicyclic amines) is 1. The van der Waals surface area contributed by atoms with E-state index in [9.17, 15) is 9.59 Å². The monoisotopic (exact) mass is 422 g/mol. The Morgan fingerprint density at radius 2 is 2.03 bits per heavy atom. The molecule has 1 atom stereocenters. The second kappa shape index (κ2) is 9.59. The van der Waals surface area contributed by atoms with E-state index in [2.05, 4.69) is 35.8 Å².